The lowest BCUT2D eigenvalue weighted by atomic mass is 9.84. The molecule has 192 valence electrons. The Morgan fingerprint density at radius 3 is 2.69 bits per heavy atom. The topological polar surface area (TPSA) is 63.1 Å². The lowest BCUT2D eigenvalue weighted by Crippen LogP contribution is -2.38. The van der Waals surface area contributed by atoms with Crippen molar-refractivity contribution >= 4 is 16.8 Å². The van der Waals surface area contributed by atoms with E-state index >= 15 is 0 Å². The number of rotatable bonds is 6. The maximum atomic E-state index is 13.4. The molecule has 36 heavy (non-hydrogen) atoms. The summed E-state index contributed by atoms with van der Waals surface area (Å²) in [5.74, 6) is -0.247. The van der Waals surface area contributed by atoms with Crippen molar-refractivity contribution in [3.8, 4) is 0 Å². The van der Waals surface area contributed by atoms with E-state index in [1.807, 2.05) is 30.3 Å². The van der Waals surface area contributed by atoms with Crippen LogP contribution in [-0.2, 0) is 25.7 Å². The van der Waals surface area contributed by atoms with Crippen LogP contribution < -0.4 is 5.32 Å². The molecule has 1 aliphatic heterocycles. The van der Waals surface area contributed by atoms with E-state index in [4.69, 9.17) is 0 Å². The maximum absolute atomic E-state index is 13.4. The highest BCUT2D eigenvalue weighted by molar-refractivity contribution is 6.06. The molecule has 3 heterocycles. The fraction of sp³-hybridized carbons (Fsp3) is 0.519. The number of aromatic nitrogens is 3. The summed E-state index contributed by atoms with van der Waals surface area (Å²) in [4.78, 5) is 23.5. The first-order valence-electron chi connectivity index (χ1n) is 12.9. The Balaban J connectivity index is 1.11. The van der Waals surface area contributed by atoms with Crippen LogP contribution in [0.4, 0.5) is 13.2 Å². The molecule has 0 spiro atoms. The second-order valence-corrected chi connectivity index (χ2v) is 9.95. The summed E-state index contributed by atoms with van der Waals surface area (Å²) in [7, 11) is 0. The first kappa shape index (κ1) is 24.7. The van der Waals surface area contributed by atoms with Crippen LogP contribution in [0.25, 0.3) is 10.9 Å². The number of alkyl halides is 3. The zero-order chi connectivity index (χ0) is 25.3. The molecule has 1 aliphatic carbocycles. The molecule has 2 aromatic heterocycles. The Hall–Kier alpha value is -2.94. The summed E-state index contributed by atoms with van der Waals surface area (Å²) >= 11 is 0. The summed E-state index contributed by atoms with van der Waals surface area (Å²) in [6, 6.07) is 9.55. The molecule has 1 amide bonds. The van der Waals surface area contributed by atoms with Gasteiger partial charge in [0.25, 0.3) is 5.91 Å². The Bertz CT molecular complexity index is 1220. The Morgan fingerprint density at radius 1 is 1.14 bits per heavy atom. The van der Waals surface area contributed by atoms with Gasteiger partial charge < -0.3 is 9.88 Å². The van der Waals surface area contributed by atoms with Crippen molar-refractivity contribution in [1.82, 2.24) is 24.8 Å². The number of amides is 1. The molecule has 1 saturated carbocycles. The van der Waals surface area contributed by atoms with Gasteiger partial charge in [-0.3, -0.25) is 14.7 Å². The summed E-state index contributed by atoms with van der Waals surface area (Å²) in [6.07, 6.45) is 2.91. The van der Waals surface area contributed by atoms with Crippen LogP contribution in [0.3, 0.4) is 0 Å². The van der Waals surface area contributed by atoms with Crippen LogP contribution in [0.15, 0.2) is 36.5 Å². The highest BCUT2D eigenvalue weighted by Gasteiger charge is 2.39. The molecule has 1 aromatic carbocycles. The van der Waals surface area contributed by atoms with E-state index in [9.17, 15) is 18.0 Å². The normalized spacial score (nSPS) is 20.9. The van der Waals surface area contributed by atoms with Gasteiger partial charge in [-0.1, -0.05) is 12.1 Å². The zero-order valence-corrected chi connectivity index (χ0v) is 20.5. The van der Waals surface area contributed by atoms with Gasteiger partial charge in [-0.15, -0.1) is 0 Å². The number of hydrogen-bond acceptors (Lipinski definition) is 4. The summed E-state index contributed by atoms with van der Waals surface area (Å²) in [5.41, 5.74) is 2.78. The second kappa shape index (κ2) is 10.2. The Labute approximate surface area is 208 Å². The van der Waals surface area contributed by atoms with Gasteiger partial charge in [0, 0.05) is 54.9 Å². The number of pyridine rings is 1. The minimum atomic E-state index is -4.42. The molecule has 9 heteroatoms. The molecule has 6 nitrogen and oxygen atoms in total. The molecule has 0 unspecified atom stereocenters. The third-order valence-electron chi connectivity index (χ3n) is 7.69. The van der Waals surface area contributed by atoms with E-state index in [1.165, 1.54) is 4.57 Å². The SMILES string of the molecule is CCn1c(C(F)(F)F)nc2c1CCN(CC[C@H]1CC[C@H](NC(=O)c3cccc4ncccc34)CC1)C2. The van der Waals surface area contributed by atoms with Gasteiger partial charge >= 0.3 is 6.18 Å². The molecular weight excluding hydrogens is 467 g/mol. The van der Waals surface area contributed by atoms with E-state index in [0.717, 1.165) is 61.8 Å². The first-order valence-corrected chi connectivity index (χ1v) is 12.9. The molecule has 0 bridgehead atoms. The third kappa shape index (κ3) is 5.12. The molecule has 2 aliphatic rings. The minimum absolute atomic E-state index is 0.0501. The fourth-order valence-electron chi connectivity index (χ4n) is 5.77. The number of carbonyl (C=O) groups is 1. The number of carbonyl (C=O) groups excluding carboxylic acids is 1. The van der Waals surface area contributed by atoms with Crippen LogP contribution in [0, 0.1) is 5.92 Å². The van der Waals surface area contributed by atoms with E-state index in [1.54, 1.807) is 13.1 Å². The second-order valence-electron chi connectivity index (χ2n) is 9.95. The number of nitrogens with zero attached hydrogens (tertiary/aromatic N) is 4. The van der Waals surface area contributed by atoms with Crippen molar-refractivity contribution < 1.29 is 18.0 Å². The highest BCUT2D eigenvalue weighted by Crippen LogP contribution is 2.33. The van der Waals surface area contributed by atoms with E-state index in [-0.39, 0.29) is 18.5 Å². The average Bonchev–Trinajstić information content (AvgIpc) is 3.26. The number of benzene rings is 1. The maximum Gasteiger partial charge on any atom is 0.449 e. The van der Waals surface area contributed by atoms with Crippen molar-refractivity contribution in [2.45, 2.75) is 70.8 Å². The largest absolute Gasteiger partial charge is 0.449 e. The Kier molecular flexibility index (Phi) is 7.01. The molecule has 0 radical (unpaired) electrons. The zero-order valence-electron chi connectivity index (χ0n) is 20.5. The number of halogens is 3. The molecule has 1 fully saturated rings. The van der Waals surface area contributed by atoms with Gasteiger partial charge in [0.2, 0.25) is 5.82 Å². The van der Waals surface area contributed by atoms with Gasteiger partial charge in [-0.25, -0.2) is 4.98 Å². The predicted molar refractivity (Wildman–Crippen MR) is 131 cm³/mol. The summed E-state index contributed by atoms with van der Waals surface area (Å²) < 4.78 is 41.4. The van der Waals surface area contributed by atoms with Crippen molar-refractivity contribution in [2.24, 2.45) is 5.92 Å². The molecule has 3 aromatic rings. The molecular formula is C27H32F3N5O. The van der Waals surface area contributed by atoms with Gasteiger partial charge in [-0.05, 0) is 69.7 Å². The Morgan fingerprint density at radius 2 is 1.94 bits per heavy atom. The quantitative estimate of drug-likeness (QED) is 0.506. The van der Waals surface area contributed by atoms with Crippen LogP contribution >= 0.6 is 0 Å². The van der Waals surface area contributed by atoms with E-state index in [2.05, 4.69) is 20.2 Å². The average molecular weight is 500 g/mol. The van der Waals surface area contributed by atoms with Gasteiger partial charge in [0.15, 0.2) is 0 Å². The standard InChI is InChI=1S/C27H32F3N5O/c1-2-35-24-13-16-34(17-23(24)33-26(35)27(28,29)30)15-12-18-8-10-19(11-9-18)32-25(36)21-5-3-7-22-20(21)6-4-14-31-22/h3-7,14,18-19H,2,8-13,15-17H2,1H3,(H,32,36)/t18-,19-. The van der Waals surface area contributed by atoms with Gasteiger partial charge in [0.05, 0.1) is 11.2 Å². The van der Waals surface area contributed by atoms with Gasteiger partial charge in [0.1, 0.15) is 0 Å². The predicted octanol–water partition coefficient (Wildman–Crippen LogP) is 5.21. The van der Waals surface area contributed by atoms with E-state index < -0.39 is 12.0 Å². The van der Waals surface area contributed by atoms with Crippen molar-refractivity contribution in [3.05, 3.63) is 59.3 Å². The molecule has 0 atom stereocenters. The van der Waals surface area contributed by atoms with Crippen molar-refractivity contribution in [2.75, 3.05) is 13.1 Å². The number of hydrogen-bond donors (Lipinski definition) is 1. The minimum Gasteiger partial charge on any atom is -0.349 e. The molecule has 1 N–H and O–H groups in total. The molecule has 5 rings (SSSR count). The highest BCUT2D eigenvalue weighted by atomic mass is 19.4. The van der Waals surface area contributed by atoms with Crippen molar-refractivity contribution in [3.63, 3.8) is 0 Å². The summed E-state index contributed by atoms with van der Waals surface area (Å²) in [6.45, 7) is 4.14. The lowest BCUT2D eigenvalue weighted by molar-refractivity contribution is -0.147. The third-order valence-corrected chi connectivity index (χ3v) is 7.69. The van der Waals surface area contributed by atoms with Crippen LogP contribution in [-0.4, -0.2) is 44.5 Å². The van der Waals surface area contributed by atoms with E-state index in [0.29, 0.717) is 30.1 Å². The van der Waals surface area contributed by atoms with Crippen molar-refractivity contribution in [1.29, 1.82) is 0 Å². The fourth-order valence-corrected chi connectivity index (χ4v) is 5.77. The van der Waals surface area contributed by atoms with Crippen LogP contribution in [0.1, 0.15) is 66.6 Å². The van der Waals surface area contributed by atoms with Crippen LogP contribution in [0.5, 0.6) is 0 Å². The smallest absolute Gasteiger partial charge is 0.349 e. The monoisotopic (exact) mass is 499 g/mol. The van der Waals surface area contributed by atoms with Gasteiger partial charge in [-0.2, -0.15) is 13.2 Å². The first-order chi connectivity index (χ1) is 17.3. The number of nitrogens with one attached hydrogen (secondary N) is 1. The van der Waals surface area contributed by atoms with Crippen LogP contribution in [0.2, 0.25) is 0 Å². The lowest BCUT2D eigenvalue weighted by Gasteiger charge is -2.32. The molecule has 0 saturated heterocycles. The summed E-state index contributed by atoms with van der Waals surface area (Å²) in [5, 5.41) is 4.07. The number of imidazole rings is 1. The number of fused-ring (bicyclic) bond motifs is 2.